The summed E-state index contributed by atoms with van der Waals surface area (Å²) in [6.45, 7) is 4.12. The number of rotatable bonds is 5. The highest BCUT2D eigenvalue weighted by molar-refractivity contribution is 6.01. The van der Waals surface area contributed by atoms with E-state index in [9.17, 15) is 14.4 Å². The largest absolute Gasteiger partial charge is 0.347 e. The lowest BCUT2D eigenvalue weighted by Crippen LogP contribution is -2.23. The highest BCUT2D eigenvalue weighted by Gasteiger charge is 2.14. The highest BCUT2D eigenvalue weighted by Crippen LogP contribution is 2.23. The first-order valence-electron chi connectivity index (χ1n) is 8.88. The van der Waals surface area contributed by atoms with Gasteiger partial charge in [0.2, 0.25) is 0 Å². The topological polar surface area (TPSA) is 57.8 Å². The van der Waals surface area contributed by atoms with Gasteiger partial charge in [-0.1, -0.05) is 36.4 Å². The van der Waals surface area contributed by atoms with Gasteiger partial charge in [-0.3, -0.25) is 4.79 Å². The van der Waals surface area contributed by atoms with Crippen molar-refractivity contribution in [2.24, 2.45) is 0 Å². The number of aromatic nitrogens is 1. The number of hydrogen-bond donors (Lipinski definition) is 1. The van der Waals surface area contributed by atoms with Crippen LogP contribution in [0.15, 0.2) is 66.2 Å². The number of aryl methyl sites for hydroxylation is 1. The number of carbonyl (C=O) groups excluding carboxylic acids is 1. The maximum Gasteiger partial charge on any atom is 0.262 e. The third kappa shape index (κ3) is 4.18. The predicted molar refractivity (Wildman–Crippen MR) is 107 cm³/mol. The predicted octanol–water partition coefficient (Wildman–Crippen LogP) is 4.46. The molecular weight excluding hydrogens is 353 g/mol. The monoisotopic (exact) mass is 373 g/mol. The van der Waals surface area contributed by atoms with E-state index in [1.807, 2.05) is 66.9 Å². The molecule has 0 saturated heterocycles. The van der Waals surface area contributed by atoms with Crippen LogP contribution in [0.5, 0.6) is 0 Å². The number of amides is 1. The van der Waals surface area contributed by atoms with Crippen LogP contribution >= 0.6 is 0 Å². The third-order valence-electron chi connectivity index (χ3n) is 4.50. The number of benzene rings is 2. The van der Waals surface area contributed by atoms with Gasteiger partial charge in [0.25, 0.3) is 5.91 Å². The second-order valence-electron chi connectivity index (χ2n) is 6.48. The molecule has 0 radical (unpaired) electrons. The van der Waals surface area contributed by atoms with Gasteiger partial charge in [0.05, 0.1) is 0 Å². The molecule has 0 fully saturated rings. The highest BCUT2D eigenvalue weighted by atomic mass is 19.1. The Labute approximate surface area is 163 Å². The van der Waals surface area contributed by atoms with E-state index < -0.39 is 5.91 Å². The lowest BCUT2D eigenvalue weighted by molar-refractivity contribution is -0.117. The van der Waals surface area contributed by atoms with Gasteiger partial charge in [0, 0.05) is 23.6 Å². The molecule has 0 aliphatic carbocycles. The normalized spacial score (nSPS) is 11.1. The molecule has 140 valence electrons. The van der Waals surface area contributed by atoms with Gasteiger partial charge in [-0.15, -0.1) is 0 Å². The van der Waals surface area contributed by atoms with Crippen molar-refractivity contribution in [3.8, 4) is 11.8 Å². The van der Waals surface area contributed by atoms with Crippen molar-refractivity contribution in [3.63, 3.8) is 0 Å². The molecule has 0 bridgehead atoms. The number of nitriles is 1. The molecule has 0 saturated carbocycles. The lowest BCUT2D eigenvalue weighted by atomic mass is 10.1. The minimum atomic E-state index is -0.429. The molecule has 1 amide bonds. The first-order chi connectivity index (χ1) is 13.5. The first-order valence-corrected chi connectivity index (χ1v) is 8.88. The van der Waals surface area contributed by atoms with E-state index in [1.165, 1.54) is 12.1 Å². The maximum absolute atomic E-state index is 13.6. The van der Waals surface area contributed by atoms with Crippen molar-refractivity contribution in [2.45, 2.75) is 20.4 Å². The molecule has 0 aliphatic rings. The van der Waals surface area contributed by atoms with Crippen LogP contribution in [-0.2, 0) is 11.3 Å². The molecular formula is C23H20FN3O. The second kappa shape index (κ2) is 8.36. The zero-order chi connectivity index (χ0) is 20.1. The van der Waals surface area contributed by atoms with E-state index >= 15 is 0 Å². The van der Waals surface area contributed by atoms with Crippen LogP contribution in [0.4, 0.5) is 4.39 Å². The molecule has 2 aromatic carbocycles. The van der Waals surface area contributed by atoms with Gasteiger partial charge in [-0.05, 0) is 55.3 Å². The van der Waals surface area contributed by atoms with Crippen molar-refractivity contribution in [1.82, 2.24) is 9.88 Å². The number of carbonyl (C=O) groups is 1. The molecule has 28 heavy (non-hydrogen) atoms. The van der Waals surface area contributed by atoms with Gasteiger partial charge in [0.1, 0.15) is 17.5 Å². The summed E-state index contributed by atoms with van der Waals surface area (Å²) in [5.74, 6) is -0.748. The van der Waals surface area contributed by atoms with Crippen molar-refractivity contribution >= 4 is 12.0 Å². The number of nitrogens with zero attached hydrogens (tertiary/aromatic N) is 2. The summed E-state index contributed by atoms with van der Waals surface area (Å²) >= 11 is 0. The Kier molecular flexibility index (Phi) is 5.71. The van der Waals surface area contributed by atoms with Gasteiger partial charge in [0.15, 0.2) is 0 Å². The van der Waals surface area contributed by atoms with E-state index in [-0.39, 0.29) is 11.4 Å². The quantitative estimate of drug-likeness (QED) is 0.530. The fraction of sp³-hybridized carbons (Fsp3) is 0.130. The molecule has 3 aromatic rings. The van der Waals surface area contributed by atoms with Crippen LogP contribution in [0, 0.1) is 31.0 Å². The summed E-state index contributed by atoms with van der Waals surface area (Å²) in [6, 6.07) is 19.7. The molecule has 1 N–H and O–H groups in total. The molecule has 0 spiro atoms. The summed E-state index contributed by atoms with van der Waals surface area (Å²) < 4.78 is 15.5. The Morgan fingerprint density at radius 1 is 1.14 bits per heavy atom. The second-order valence-corrected chi connectivity index (χ2v) is 6.48. The van der Waals surface area contributed by atoms with Crippen molar-refractivity contribution < 1.29 is 9.18 Å². The minimum absolute atomic E-state index is 0.0235. The Balaban J connectivity index is 1.86. The average molecular weight is 373 g/mol. The van der Waals surface area contributed by atoms with E-state index in [4.69, 9.17) is 0 Å². The van der Waals surface area contributed by atoms with Crippen molar-refractivity contribution in [2.75, 3.05) is 0 Å². The fourth-order valence-corrected chi connectivity index (χ4v) is 3.12. The van der Waals surface area contributed by atoms with Crippen molar-refractivity contribution in [1.29, 1.82) is 5.26 Å². The molecule has 3 rings (SSSR count). The van der Waals surface area contributed by atoms with E-state index in [2.05, 4.69) is 5.32 Å². The maximum atomic E-state index is 13.6. The SMILES string of the molecule is Cc1cc(/C=C(/C#N)C(=O)NCc2ccccc2)c(C)n1-c1cccc(F)c1. The molecule has 5 heteroatoms. The Morgan fingerprint density at radius 3 is 2.57 bits per heavy atom. The molecule has 1 heterocycles. The summed E-state index contributed by atoms with van der Waals surface area (Å²) in [5, 5.41) is 12.2. The molecule has 0 aliphatic heterocycles. The Bertz CT molecular complexity index is 1070. The zero-order valence-corrected chi connectivity index (χ0v) is 15.7. The fourth-order valence-electron chi connectivity index (χ4n) is 3.12. The third-order valence-corrected chi connectivity index (χ3v) is 4.50. The lowest BCUT2D eigenvalue weighted by Gasteiger charge is -2.09. The number of halogens is 1. The van der Waals surface area contributed by atoms with E-state index in [0.717, 1.165) is 22.5 Å². The van der Waals surface area contributed by atoms with Crippen LogP contribution in [-0.4, -0.2) is 10.5 Å². The average Bonchev–Trinajstić information content (AvgIpc) is 2.98. The van der Waals surface area contributed by atoms with Crippen LogP contribution < -0.4 is 5.32 Å². The summed E-state index contributed by atoms with van der Waals surface area (Å²) in [7, 11) is 0. The smallest absolute Gasteiger partial charge is 0.262 e. The molecule has 1 aromatic heterocycles. The first kappa shape index (κ1) is 19.1. The number of nitrogens with one attached hydrogen (secondary N) is 1. The van der Waals surface area contributed by atoms with Gasteiger partial charge < -0.3 is 9.88 Å². The zero-order valence-electron chi connectivity index (χ0n) is 15.7. The van der Waals surface area contributed by atoms with Gasteiger partial charge >= 0.3 is 0 Å². The minimum Gasteiger partial charge on any atom is -0.347 e. The number of hydrogen-bond acceptors (Lipinski definition) is 2. The Hall–Kier alpha value is -3.65. The van der Waals surface area contributed by atoms with Crippen LogP contribution in [0.1, 0.15) is 22.5 Å². The van der Waals surface area contributed by atoms with Gasteiger partial charge in [-0.25, -0.2) is 4.39 Å². The van der Waals surface area contributed by atoms with E-state index in [1.54, 1.807) is 12.1 Å². The molecule has 0 unspecified atom stereocenters. The summed E-state index contributed by atoms with van der Waals surface area (Å²) in [4.78, 5) is 12.4. The summed E-state index contributed by atoms with van der Waals surface area (Å²) in [5.41, 5.74) is 4.13. The Morgan fingerprint density at radius 2 is 1.89 bits per heavy atom. The standard InChI is InChI=1S/C23H20FN3O/c1-16-11-19(17(2)27(16)22-10-6-9-21(24)13-22)12-20(14-25)23(28)26-15-18-7-4-3-5-8-18/h3-13H,15H2,1-2H3,(H,26,28)/b20-12-. The summed E-state index contributed by atoms with van der Waals surface area (Å²) in [6.07, 6.45) is 1.57. The molecule has 0 atom stereocenters. The van der Waals surface area contributed by atoms with Crippen LogP contribution in [0.2, 0.25) is 0 Å². The van der Waals surface area contributed by atoms with Crippen molar-refractivity contribution in [3.05, 3.63) is 94.6 Å². The molecule has 4 nitrogen and oxygen atoms in total. The van der Waals surface area contributed by atoms with Crippen LogP contribution in [0.3, 0.4) is 0 Å². The van der Waals surface area contributed by atoms with E-state index in [0.29, 0.717) is 12.2 Å². The van der Waals surface area contributed by atoms with Gasteiger partial charge in [-0.2, -0.15) is 5.26 Å². The van der Waals surface area contributed by atoms with Crippen LogP contribution in [0.25, 0.3) is 11.8 Å².